The van der Waals surface area contributed by atoms with Gasteiger partial charge in [-0.25, -0.2) is 4.39 Å². The molecule has 1 aliphatic rings. The van der Waals surface area contributed by atoms with Crippen LogP contribution in [0.2, 0.25) is 0 Å². The lowest BCUT2D eigenvalue weighted by atomic mass is 9.79. The fourth-order valence-corrected chi connectivity index (χ4v) is 3.09. The zero-order valence-electron chi connectivity index (χ0n) is 14.6. The van der Waals surface area contributed by atoms with E-state index in [1.54, 1.807) is 12.1 Å². The second-order valence-electron chi connectivity index (χ2n) is 6.97. The maximum atomic E-state index is 13.2. The highest BCUT2D eigenvalue weighted by Crippen LogP contribution is 2.42. The summed E-state index contributed by atoms with van der Waals surface area (Å²) < 4.78 is 18.5. The third-order valence-electron chi connectivity index (χ3n) is 4.97. The number of hydrogen-bond donors (Lipinski definition) is 1. The first-order valence-corrected chi connectivity index (χ1v) is 8.58. The van der Waals surface area contributed by atoms with Gasteiger partial charge in [-0.15, -0.1) is 0 Å². The fourth-order valence-electron chi connectivity index (χ4n) is 3.09. The van der Waals surface area contributed by atoms with Crippen molar-refractivity contribution in [1.29, 1.82) is 0 Å². The summed E-state index contributed by atoms with van der Waals surface area (Å²) in [5.41, 5.74) is 0.0137. The maximum absolute atomic E-state index is 13.2. The number of halogens is 1. The number of ether oxygens (including phenoxy) is 1. The molecule has 2 rings (SSSR count). The first-order valence-electron chi connectivity index (χ1n) is 8.58. The van der Waals surface area contributed by atoms with Crippen LogP contribution in [0.4, 0.5) is 4.39 Å². The Balaban J connectivity index is 2.02. The Bertz CT molecular complexity index is 577. The van der Waals surface area contributed by atoms with Gasteiger partial charge in [0.1, 0.15) is 5.82 Å². The van der Waals surface area contributed by atoms with Crippen LogP contribution in [-0.4, -0.2) is 24.5 Å². The standard InChI is InChI=1S/C19H26FNO3/c1-13(2)14(3)21-17(22)12-24-18(23)19(10-4-5-11-19)15-6-8-16(20)9-7-15/h6-9,13-14H,4-5,10-12H2,1-3H3,(H,21,22)/t14-/m1/s1. The van der Waals surface area contributed by atoms with Crippen LogP contribution in [0.5, 0.6) is 0 Å². The second kappa shape index (κ2) is 7.77. The van der Waals surface area contributed by atoms with Gasteiger partial charge in [0.25, 0.3) is 5.91 Å². The van der Waals surface area contributed by atoms with Crippen LogP contribution in [0.25, 0.3) is 0 Å². The summed E-state index contributed by atoms with van der Waals surface area (Å²) in [6.07, 6.45) is 3.18. The van der Waals surface area contributed by atoms with Crippen molar-refractivity contribution >= 4 is 11.9 Å². The first kappa shape index (κ1) is 18.4. The number of hydrogen-bond acceptors (Lipinski definition) is 3. The Morgan fingerprint density at radius 3 is 2.29 bits per heavy atom. The highest BCUT2D eigenvalue weighted by molar-refractivity contribution is 5.86. The molecular formula is C19H26FNO3. The van der Waals surface area contributed by atoms with Gasteiger partial charge in [-0.05, 0) is 43.4 Å². The molecule has 0 saturated heterocycles. The maximum Gasteiger partial charge on any atom is 0.317 e. The van der Waals surface area contributed by atoms with E-state index in [4.69, 9.17) is 4.74 Å². The molecule has 1 aliphatic carbocycles. The second-order valence-corrected chi connectivity index (χ2v) is 6.97. The quantitative estimate of drug-likeness (QED) is 0.811. The predicted octanol–water partition coefficient (Wildman–Crippen LogP) is 3.34. The number of carbonyl (C=O) groups excluding carboxylic acids is 2. The summed E-state index contributed by atoms with van der Waals surface area (Å²) in [5, 5.41) is 2.82. The van der Waals surface area contributed by atoms with Crippen molar-refractivity contribution in [3.05, 3.63) is 35.6 Å². The average Bonchev–Trinajstić information content (AvgIpc) is 3.04. The van der Waals surface area contributed by atoms with Gasteiger partial charge in [0.05, 0.1) is 5.41 Å². The van der Waals surface area contributed by atoms with Crippen LogP contribution >= 0.6 is 0 Å². The molecule has 1 atom stereocenters. The van der Waals surface area contributed by atoms with Crippen LogP contribution in [0, 0.1) is 11.7 Å². The minimum atomic E-state index is -0.752. The summed E-state index contributed by atoms with van der Waals surface area (Å²) in [5.74, 6) is -0.705. The van der Waals surface area contributed by atoms with Gasteiger partial charge in [0.15, 0.2) is 6.61 Å². The van der Waals surface area contributed by atoms with Crippen molar-refractivity contribution in [2.45, 2.75) is 57.9 Å². The Morgan fingerprint density at radius 2 is 1.75 bits per heavy atom. The average molecular weight is 335 g/mol. The Labute approximate surface area is 142 Å². The highest BCUT2D eigenvalue weighted by atomic mass is 19.1. The molecule has 1 aromatic rings. The number of nitrogens with one attached hydrogen (secondary N) is 1. The van der Waals surface area contributed by atoms with Gasteiger partial charge < -0.3 is 10.1 Å². The highest BCUT2D eigenvalue weighted by Gasteiger charge is 2.44. The minimum absolute atomic E-state index is 0.0220. The van der Waals surface area contributed by atoms with Crippen molar-refractivity contribution in [3.8, 4) is 0 Å². The largest absolute Gasteiger partial charge is 0.455 e. The van der Waals surface area contributed by atoms with E-state index >= 15 is 0 Å². The van der Waals surface area contributed by atoms with E-state index < -0.39 is 5.41 Å². The number of esters is 1. The smallest absolute Gasteiger partial charge is 0.317 e. The van der Waals surface area contributed by atoms with Crippen LogP contribution in [0.1, 0.15) is 52.0 Å². The molecule has 0 unspecified atom stereocenters. The van der Waals surface area contributed by atoms with Crippen LogP contribution < -0.4 is 5.32 Å². The number of carbonyl (C=O) groups is 2. The summed E-state index contributed by atoms with van der Waals surface area (Å²) in [7, 11) is 0. The molecule has 0 radical (unpaired) electrons. The molecule has 132 valence electrons. The van der Waals surface area contributed by atoms with Gasteiger partial charge in [-0.3, -0.25) is 9.59 Å². The molecule has 5 heteroatoms. The first-order chi connectivity index (χ1) is 11.3. The number of benzene rings is 1. The van der Waals surface area contributed by atoms with E-state index in [-0.39, 0.29) is 30.3 Å². The SMILES string of the molecule is CC(C)[C@@H](C)NC(=O)COC(=O)C1(c2ccc(F)cc2)CCCC1. The van der Waals surface area contributed by atoms with E-state index in [1.807, 2.05) is 20.8 Å². The molecule has 1 N–H and O–H groups in total. The molecule has 0 aromatic heterocycles. The molecule has 1 saturated carbocycles. The van der Waals surface area contributed by atoms with Crippen molar-refractivity contribution in [2.75, 3.05) is 6.61 Å². The molecule has 1 fully saturated rings. The van der Waals surface area contributed by atoms with Crippen molar-refractivity contribution in [2.24, 2.45) is 5.92 Å². The zero-order chi connectivity index (χ0) is 17.7. The summed E-state index contributed by atoms with van der Waals surface area (Å²) in [4.78, 5) is 24.6. The van der Waals surface area contributed by atoms with Gasteiger partial charge in [-0.2, -0.15) is 0 Å². The minimum Gasteiger partial charge on any atom is -0.455 e. The monoisotopic (exact) mass is 335 g/mol. The fraction of sp³-hybridized carbons (Fsp3) is 0.579. The molecule has 1 amide bonds. The van der Waals surface area contributed by atoms with Gasteiger partial charge >= 0.3 is 5.97 Å². The molecule has 0 bridgehead atoms. The molecule has 4 nitrogen and oxygen atoms in total. The lowest BCUT2D eigenvalue weighted by Gasteiger charge is -2.27. The van der Waals surface area contributed by atoms with Crippen LogP contribution in [-0.2, 0) is 19.7 Å². The lowest BCUT2D eigenvalue weighted by molar-refractivity contribution is -0.154. The molecule has 0 aliphatic heterocycles. The third kappa shape index (κ3) is 4.13. The van der Waals surface area contributed by atoms with Crippen molar-refractivity contribution < 1.29 is 18.7 Å². The normalized spacial score (nSPS) is 17.5. The van der Waals surface area contributed by atoms with Gasteiger partial charge in [0, 0.05) is 6.04 Å². The summed E-state index contributed by atoms with van der Waals surface area (Å²) in [6.45, 7) is 5.66. The Kier molecular flexibility index (Phi) is 5.97. The van der Waals surface area contributed by atoms with E-state index in [0.29, 0.717) is 18.8 Å². The van der Waals surface area contributed by atoms with Gasteiger partial charge in [-0.1, -0.05) is 38.8 Å². The molecule has 1 aromatic carbocycles. The number of rotatable bonds is 6. The summed E-state index contributed by atoms with van der Waals surface area (Å²) >= 11 is 0. The van der Waals surface area contributed by atoms with E-state index in [1.165, 1.54) is 12.1 Å². The predicted molar refractivity (Wildman–Crippen MR) is 89.9 cm³/mol. The molecular weight excluding hydrogens is 309 g/mol. The Morgan fingerprint density at radius 1 is 1.17 bits per heavy atom. The third-order valence-corrected chi connectivity index (χ3v) is 4.97. The Hall–Kier alpha value is -1.91. The van der Waals surface area contributed by atoms with Crippen LogP contribution in [0.15, 0.2) is 24.3 Å². The zero-order valence-corrected chi connectivity index (χ0v) is 14.6. The molecule has 24 heavy (non-hydrogen) atoms. The molecule has 0 heterocycles. The number of amides is 1. The van der Waals surface area contributed by atoms with Crippen molar-refractivity contribution in [3.63, 3.8) is 0 Å². The van der Waals surface area contributed by atoms with E-state index in [2.05, 4.69) is 5.32 Å². The van der Waals surface area contributed by atoms with E-state index in [0.717, 1.165) is 18.4 Å². The van der Waals surface area contributed by atoms with E-state index in [9.17, 15) is 14.0 Å². The summed E-state index contributed by atoms with van der Waals surface area (Å²) in [6, 6.07) is 6.03. The lowest BCUT2D eigenvalue weighted by Crippen LogP contribution is -2.41. The topological polar surface area (TPSA) is 55.4 Å². The van der Waals surface area contributed by atoms with Gasteiger partial charge in [0.2, 0.25) is 0 Å². The van der Waals surface area contributed by atoms with Crippen molar-refractivity contribution in [1.82, 2.24) is 5.32 Å². The van der Waals surface area contributed by atoms with Crippen LogP contribution in [0.3, 0.4) is 0 Å². The molecule has 0 spiro atoms.